The smallest absolute Gasteiger partial charge is 0.230 e. The maximum Gasteiger partial charge on any atom is 0.230 e. The normalized spacial score (nSPS) is 10.8. The molecule has 0 fully saturated rings. The van der Waals surface area contributed by atoms with E-state index in [0.717, 1.165) is 21.8 Å². The molecule has 2 aromatic carbocycles. The van der Waals surface area contributed by atoms with Crippen LogP contribution in [0.15, 0.2) is 78.2 Å². The number of nitrogens with one attached hydrogen (secondary N) is 1. The first-order chi connectivity index (χ1) is 14.3. The van der Waals surface area contributed by atoms with Gasteiger partial charge >= 0.3 is 0 Å². The van der Waals surface area contributed by atoms with Crippen LogP contribution in [0.3, 0.4) is 0 Å². The van der Waals surface area contributed by atoms with Gasteiger partial charge in [0.05, 0.1) is 29.6 Å². The fourth-order valence-electron chi connectivity index (χ4n) is 2.76. The summed E-state index contributed by atoms with van der Waals surface area (Å²) in [4.78, 5) is 20.8. The Morgan fingerprint density at radius 1 is 1.03 bits per heavy atom. The van der Waals surface area contributed by atoms with Crippen molar-refractivity contribution in [1.82, 2.24) is 25.1 Å². The zero-order valence-corrected chi connectivity index (χ0v) is 16.4. The van der Waals surface area contributed by atoms with Gasteiger partial charge in [0.15, 0.2) is 5.65 Å². The molecule has 2 aromatic heterocycles. The molecule has 7 nitrogen and oxygen atoms in total. The number of amides is 1. The minimum Gasteiger partial charge on any atom is -0.492 e. The average molecular weight is 405 g/mol. The first kappa shape index (κ1) is 18.9. The van der Waals surface area contributed by atoms with E-state index in [1.54, 1.807) is 10.9 Å². The summed E-state index contributed by atoms with van der Waals surface area (Å²) in [5, 5.41) is 8.83. The molecule has 29 heavy (non-hydrogen) atoms. The number of carbonyl (C=O) groups is 1. The summed E-state index contributed by atoms with van der Waals surface area (Å²) >= 11 is 1.36. The summed E-state index contributed by atoms with van der Waals surface area (Å²) in [7, 11) is 0. The van der Waals surface area contributed by atoms with Gasteiger partial charge in [0.25, 0.3) is 0 Å². The van der Waals surface area contributed by atoms with Gasteiger partial charge in [-0.25, -0.2) is 14.6 Å². The van der Waals surface area contributed by atoms with E-state index in [-0.39, 0.29) is 11.7 Å². The molecule has 2 heterocycles. The van der Waals surface area contributed by atoms with Crippen LogP contribution in [0.1, 0.15) is 0 Å². The van der Waals surface area contributed by atoms with Crippen LogP contribution in [0.2, 0.25) is 0 Å². The maximum absolute atomic E-state index is 12.1. The second-order valence-corrected chi connectivity index (χ2v) is 7.07. The van der Waals surface area contributed by atoms with E-state index in [1.165, 1.54) is 18.1 Å². The number of hydrogen-bond acceptors (Lipinski definition) is 6. The number of fused-ring (bicyclic) bond motifs is 1. The van der Waals surface area contributed by atoms with E-state index in [1.807, 2.05) is 60.7 Å². The Morgan fingerprint density at radius 3 is 2.59 bits per heavy atom. The molecule has 0 aliphatic heterocycles. The Labute approximate surface area is 172 Å². The van der Waals surface area contributed by atoms with Crippen molar-refractivity contribution < 1.29 is 9.53 Å². The van der Waals surface area contributed by atoms with Crippen LogP contribution in [0.25, 0.3) is 16.7 Å². The molecule has 1 amide bonds. The van der Waals surface area contributed by atoms with Gasteiger partial charge in [-0.2, -0.15) is 5.10 Å². The molecule has 0 atom stereocenters. The molecule has 0 spiro atoms. The number of carbonyl (C=O) groups excluding carboxylic acids is 1. The largest absolute Gasteiger partial charge is 0.492 e. The average Bonchev–Trinajstić information content (AvgIpc) is 3.21. The Hall–Kier alpha value is -3.39. The predicted molar refractivity (Wildman–Crippen MR) is 112 cm³/mol. The first-order valence-corrected chi connectivity index (χ1v) is 10.1. The molecule has 8 heteroatoms. The summed E-state index contributed by atoms with van der Waals surface area (Å²) in [6, 6.07) is 19.3. The monoisotopic (exact) mass is 405 g/mol. The lowest BCUT2D eigenvalue weighted by Crippen LogP contribution is -2.29. The summed E-state index contributed by atoms with van der Waals surface area (Å²) in [5.74, 6) is 0.970. The maximum atomic E-state index is 12.1. The lowest BCUT2D eigenvalue weighted by Gasteiger charge is -2.07. The van der Waals surface area contributed by atoms with Crippen molar-refractivity contribution >= 4 is 28.7 Å². The molecular weight excluding hydrogens is 386 g/mol. The second kappa shape index (κ2) is 9.20. The van der Waals surface area contributed by atoms with E-state index >= 15 is 0 Å². The molecule has 0 saturated carbocycles. The molecule has 4 rings (SSSR count). The fraction of sp³-hybridized carbons (Fsp3) is 0.143. The number of rotatable bonds is 8. The second-order valence-electron chi connectivity index (χ2n) is 6.11. The number of hydrogen-bond donors (Lipinski definition) is 1. The molecule has 146 valence electrons. The molecule has 0 saturated heterocycles. The highest BCUT2D eigenvalue weighted by Gasteiger charge is 2.12. The van der Waals surface area contributed by atoms with Gasteiger partial charge in [-0.05, 0) is 24.3 Å². The quantitative estimate of drug-likeness (QED) is 0.276. The van der Waals surface area contributed by atoms with Gasteiger partial charge in [-0.15, -0.1) is 0 Å². The zero-order chi connectivity index (χ0) is 19.9. The highest BCUT2D eigenvalue weighted by Crippen LogP contribution is 2.25. The van der Waals surface area contributed by atoms with Gasteiger partial charge in [-0.1, -0.05) is 48.2 Å². The fourth-order valence-corrected chi connectivity index (χ4v) is 3.55. The molecule has 0 aliphatic rings. The third-order valence-electron chi connectivity index (χ3n) is 4.11. The van der Waals surface area contributed by atoms with Crippen LogP contribution in [0.5, 0.6) is 5.75 Å². The highest BCUT2D eigenvalue weighted by molar-refractivity contribution is 8.00. The van der Waals surface area contributed by atoms with Crippen molar-refractivity contribution in [3.63, 3.8) is 0 Å². The van der Waals surface area contributed by atoms with Crippen molar-refractivity contribution in [1.29, 1.82) is 0 Å². The van der Waals surface area contributed by atoms with E-state index in [0.29, 0.717) is 18.8 Å². The number of nitrogens with zero attached hydrogens (tertiary/aromatic N) is 4. The van der Waals surface area contributed by atoms with Crippen LogP contribution < -0.4 is 10.1 Å². The molecule has 4 aromatic rings. The lowest BCUT2D eigenvalue weighted by atomic mass is 10.3. The number of benzene rings is 2. The van der Waals surface area contributed by atoms with Crippen LogP contribution >= 0.6 is 11.8 Å². The van der Waals surface area contributed by atoms with Crippen molar-refractivity contribution in [2.24, 2.45) is 0 Å². The Bertz CT molecular complexity index is 1090. The van der Waals surface area contributed by atoms with Gasteiger partial charge in [0, 0.05) is 0 Å². The molecule has 0 bridgehead atoms. The standard InChI is InChI=1S/C21H19N5O2S/c27-19(22-11-12-28-17-9-5-2-6-10-17)14-29-21-18-13-25-26(20(18)23-15-24-21)16-7-3-1-4-8-16/h1-10,13,15H,11-12,14H2,(H,22,27). The molecule has 0 radical (unpaired) electrons. The van der Waals surface area contributed by atoms with Crippen LogP contribution in [0, 0.1) is 0 Å². The zero-order valence-electron chi connectivity index (χ0n) is 15.6. The Balaban J connectivity index is 1.32. The number of thioether (sulfide) groups is 1. The van der Waals surface area contributed by atoms with Crippen molar-refractivity contribution in [2.75, 3.05) is 18.9 Å². The van der Waals surface area contributed by atoms with Crippen LogP contribution in [-0.2, 0) is 4.79 Å². The van der Waals surface area contributed by atoms with Crippen molar-refractivity contribution in [3.05, 3.63) is 73.2 Å². The highest BCUT2D eigenvalue weighted by atomic mass is 32.2. The van der Waals surface area contributed by atoms with Crippen molar-refractivity contribution in [2.45, 2.75) is 5.03 Å². The molecule has 0 unspecified atom stereocenters. The Kier molecular flexibility index (Phi) is 6.01. The minimum atomic E-state index is -0.0751. The SMILES string of the molecule is O=C(CSc1ncnc2c1cnn2-c1ccccc1)NCCOc1ccccc1. The number of aromatic nitrogens is 4. The lowest BCUT2D eigenvalue weighted by molar-refractivity contribution is -0.118. The molecule has 1 N–H and O–H groups in total. The van der Waals surface area contributed by atoms with E-state index in [2.05, 4.69) is 20.4 Å². The topological polar surface area (TPSA) is 81.9 Å². The molecular formula is C21H19N5O2S. The first-order valence-electron chi connectivity index (χ1n) is 9.13. The van der Waals surface area contributed by atoms with Gasteiger partial charge in [0.2, 0.25) is 5.91 Å². The molecule has 0 aliphatic carbocycles. The van der Waals surface area contributed by atoms with Gasteiger partial charge in [-0.3, -0.25) is 4.79 Å². The Morgan fingerprint density at radius 2 is 1.79 bits per heavy atom. The number of para-hydroxylation sites is 2. The van der Waals surface area contributed by atoms with Crippen LogP contribution in [0.4, 0.5) is 0 Å². The van der Waals surface area contributed by atoms with E-state index in [9.17, 15) is 4.79 Å². The third-order valence-corrected chi connectivity index (χ3v) is 5.11. The van der Waals surface area contributed by atoms with E-state index in [4.69, 9.17) is 4.74 Å². The third kappa shape index (κ3) is 4.72. The minimum absolute atomic E-state index is 0.0751. The van der Waals surface area contributed by atoms with Crippen LogP contribution in [-0.4, -0.2) is 44.6 Å². The predicted octanol–water partition coefficient (Wildman–Crippen LogP) is 3.10. The summed E-state index contributed by atoms with van der Waals surface area (Å²) in [5.41, 5.74) is 1.64. The number of ether oxygens (including phenoxy) is 1. The summed E-state index contributed by atoms with van der Waals surface area (Å²) < 4.78 is 7.33. The van der Waals surface area contributed by atoms with E-state index < -0.39 is 0 Å². The summed E-state index contributed by atoms with van der Waals surface area (Å²) in [6.07, 6.45) is 3.23. The van der Waals surface area contributed by atoms with Gasteiger partial charge < -0.3 is 10.1 Å². The summed E-state index contributed by atoms with van der Waals surface area (Å²) in [6.45, 7) is 0.863. The van der Waals surface area contributed by atoms with Crippen molar-refractivity contribution in [3.8, 4) is 11.4 Å². The van der Waals surface area contributed by atoms with Gasteiger partial charge in [0.1, 0.15) is 23.7 Å².